The Balaban J connectivity index is 1.63. The lowest BCUT2D eigenvalue weighted by molar-refractivity contribution is -0.141. The molecule has 8 nitrogen and oxygen atoms in total. The predicted molar refractivity (Wildman–Crippen MR) is 144 cm³/mol. The van der Waals surface area contributed by atoms with E-state index in [2.05, 4.69) is 5.32 Å². The summed E-state index contributed by atoms with van der Waals surface area (Å²) < 4.78 is 26.7. The van der Waals surface area contributed by atoms with Gasteiger partial charge in [0.05, 0.1) is 5.56 Å². The van der Waals surface area contributed by atoms with Crippen LogP contribution in [0.2, 0.25) is 5.02 Å². The zero-order chi connectivity index (χ0) is 27.3. The zero-order valence-corrected chi connectivity index (χ0v) is 22.4. The summed E-state index contributed by atoms with van der Waals surface area (Å²) in [6.07, 6.45) is -0.0522. The SMILES string of the molecule is CCNC(=O)C(Cc1ccccc1)N(Cc1ccccc1Cl)C(=O)CCN1C(=O)c2ccccc2S1(=O)=O. The first-order valence-corrected chi connectivity index (χ1v) is 14.1. The van der Waals surface area contributed by atoms with Gasteiger partial charge in [-0.2, -0.15) is 0 Å². The Bertz CT molecular complexity index is 1450. The number of hydrogen-bond donors (Lipinski definition) is 1. The standard InChI is InChI=1S/C28H28ClN3O5S/c1-2-30-27(34)24(18-20-10-4-3-5-11-20)31(19-21-12-6-8-14-23(21)29)26(33)16-17-32-28(35)22-13-7-9-15-25(22)38(32,36)37/h3-15,24H,2,16-19H2,1H3,(H,30,34). The molecule has 1 aliphatic rings. The number of hydrogen-bond acceptors (Lipinski definition) is 5. The van der Waals surface area contributed by atoms with E-state index < -0.39 is 27.9 Å². The van der Waals surface area contributed by atoms with E-state index in [1.54, 1.807) is 43.3 Å². The highest BCUT2D eigenvalue weighted by Crippen LogP contribution is 2.30. The maximum atomic E-state index is 13.7. The van der Waals surface area contributed by atoms with Crippen molar-refractivity contribution < 1.29 is 22.8 Å². The molecule has 1 N–H and O–H groups in total. The minimum atomic E-state index is -4.06. The van der Waals surface area contributed by atoms with Crippen LogP contribution in [0.3, 0.4) is 0 Å². The van der Waals surface area contributed by atoms with Crippen LogP contribution in [0, 0.1) is 0 Å². The highest BCUT2D eigenvalue weighted by atomic mass is 35.5. The normalized spacial score (nSPS) is 14.6. The quantitative estimate of drug-likeness (QED) is 0.413. The Labute approximate surface area is 227 Å². The number of amides is 3. The molecule has 3 amide bonds. The van der Waals surface area contributed by atoms with Gasteiger partial charge in [-0.15, -0.1) is 0 Å². The second kappa shape index (κ2) is 11.8. The Morgan fingerprint density at radius 3 is 2.32 bits per heavy atom. The number of nitrogens with zero attached hydrogens (tertiary/aromatic N) is 2. The van der Waals surface area contributed by atoms with E-state index in [1.807, 2.05) is 30.3 Å². The lowest BCUT2D eigenvalue weighted by atomic mass is 10.0. The van der Waals surface area contributed by atoms with Gasteiger partial charge in [-0.25, -0.2) is 12.7 Å². The van der Waals surface area contributed by atoms with Gasteiger partial charge in [-0.05, 0) is 36.2 Å². The molecule has 0 aliphatic carbocycles. The summed E-state index contributed by atoms with van der Waals surface area (Å²) in [5.74, 6) is -1.49. The van der Waals surface area contributed by atoms with Gasteiger partial charge in [-0.1, -0.05) is 72.3 Å². The molecule has 1 atom stereocenters. The maximum Gasteiger partial charge on any atom is 0.269 e. The molecule has 1 heterocycles. The molecular weight excluding hydrogens is 526 g/mol. The van der Waals surface area contributed by atoms with Gasteiger partial charge in [0, 0.05) is 37.5 Å². The highest BCUT2D eigenvalue weighted by molar-refractivity contribution is 7.90. The first kappa shape index (κ1) is 27.3. The van der Waals surface area contributed by atoms with Crippen molar-refractivity contribution in [2.45, 2.75) is 37.2 Å². The summed E-state index contributed by atoms with van der Waals surface area (Å²) in [6.45, 7) is 1.85. The third-order valence-electron chi connectivity index (χ3n) is 6.36. The van der Waals surface area contributed by atoms with Crippen LogP contribution >= 0.6 is 11.6 Å². The fraction of sp³-hybridized carbons (Fsp3) is 0.250. The molecule has 1 unspecified atom stereocenters. The van der Waals surface area contributed by atoms with Gasteiger partial charge >= 0.3 is 0 Å². The number of halogens is 1. The van der Waals surface area contributed by atoms with E-state index in [-0.39, 0.29) is 42.3 Å². The fourth-order valence-electron chi connectivity index (χ4n) is 4.45. The van der Waals surface area contributed by atoms with Crippen LogP contribution in [0.5, 0.6) is 0 Å². The smallest absolute Gasteiger partial charge is 0.269 e. The van der Waals surface area contributed by atoms with E-state index in [4.69, 9.17) is 11.6 Å². The molecule has 10 heteroatoms. The molecule has 0 spiro atoms. The van der Waals surface area contributed by atoms with Gasteiger partial charge in [0.15, 0.2) is 0 Å². The number of benzene rings is 3. The highest BCUT2D eigenvalue weighted by Gasteiger charge is 2.41. The minimum Gasteiger partial charge on any atom is -0.355 e. The molecular formula is C28H28ClN3O5S. The first-order valence-electron chi connectivity index (χ1n) is 12.2. The summed E-state index contributed by atoms with van der Waals surface area (Å²) in [5, 5.41) is 3.24. The Kier molecular flexibility index (Phi) is 8.48. The van der Waals surface area contributed by atoms with Crippen LogP contribution in [0.4, 0.5) is 0 Å². The summed E-state index contributed by atoms with van der Waals surface area (Å²) in [7, 11) is -4.06. The first-order chi connectivity index (χ1) is 18.2. The number of sulfonamides is 1. The molecule has 0 bridgehead atoms. The monoisotopic (exact) mass is 553 g/mol. The third-order valence-corrected chi connectivity index (χ3v) is 8.57. The largest absolute Gasteiger partial charge is 0.355 e. The molecule has 1 aliphatic heterocycles. The van der Waals surface area contributed by atoms with Crippen molar-refractivity contribution >= 4 is 39.3 Å². The third kappa shape index (κ3) is 5.74. The molecule has 0 saturated carbocycles. The molecule has 0 radical (unpaired) electrons. The van der Waals surface area contributed by atoms with Crippen LogP contribution in [-0.4, -0.2) is 54.5 Å². The molecule has 0 aromatic heterocycles. The van der Waals surface area contributed by atoms with Gasteiger partial charge in [0.25, 0.3) is 15.9 Å². The number of carbonyl (C=O) groups excluding carboxylic acids is 3. The van der Waals surface area contributed by atoms with Crippen molar-refractivity contribution in [3.05, 3.63) is 101 Å². The number of carbonyl (C=O) groups is 3. The van der Waals surface area contributed by atoms with E-state index in [9.17, 15) is 22.8 Å². The molecule has 0 saturated heterocycles. The molecule has 3 aromatic carbocycles. The van der Waals surface area contributed by atoms with E-state index in [1.165, 1.54) is 17.0 Å². The minimum absolute atomic E-state index is 0.0358. The van der Waals surface area contributed by atoms with Gasteiger partial charge in [-0.3, -0.25) is 14.4 Å². The topological polar surface area (TPSA) is 104 Å². The van der Waals surface area contributed by atoms with Crippen molar-refractivity contribution in [1.29, 1.82) is 0 Å². The molecule has 38 heavy (non-hydrogen) atoms. The van der Waals surface area contributed by atoms with Gasteiger partial charge in [0.2, 0.25) is 11.8 Å². The Morgan fingerprint density at radius 1 is 0.974 bits per heavy atom. The Hall–Kier alpha value is -3.69. The summed E-state index contributed by atoms with van der Waals surface area (Å²) >= 11 is 6.40. The number of nitrogens with one attached hydrogen (secondary N) is 1. The molecule has 0 fully saturated rings. The maximum absolute atomic E-state index is 13.7. The fourth-order valence-corrected chi connectivity index (χ4v) is 6.21. The second-order valence-corrected chi connectivity index (χ2v) is 11.1. The number of fused-ring (bicyclic) bond motifs is 1. The van der Waals surface area contributed by atoms with E-state index in [0.29, 0.717) is 17.1 Å². The van der Waals surface area contributed by atoms with Gasteiger partial charge < -0.3 is 10.2 Å². The van der Waals surface area contributed by atoms with Crippen LogP contribution in [0.1, 0.15) is 34.8 Å². The second-order valence-electron chi connectivity index (χ2n) is 8.84. The molecule has 4 rings (SSSR count). The average Bonchev–Trinajstić information content (AvgIpc) is 3.11. The average molecular weight is 554 g/mol. The summed E-state index contributed by atoms with van der Waals surface area (Å²) in [6, 6.07) is 21.4. The van der Waals surface area contributed by atoms with Crippen molar-refractivity contribution in [2.24, 2.45) is 0 Å². The van der Waals surface area contributed by atoms with Crippen LogP contribution in [-0.2, 0) is 32.6 Å². The van der Waals surface area contributed by atoms with Crippen molar-refractivity contribution in [1.82, 2.24) is 14.5 Å². The van der Waals surface area contributed by atoms with E-state index >= 15 is 0 Å². The van der Waals surface area contributed by atoms with Crippen molar-refractivity contribution in [2.75, 3.05) is 13.1 Å². The van der Waals surface area contributed by atoms with Crippen LogP contribution in [0.25, 0.3) is 0 Å². The van der Waals surface area contributed by atoms with E-state index in [0.717, 1.165) is 9.87 Å². The van der Waals surface area contributed by atoms with Gasteiger partial charge in [0.1, 0.15) is 10.9 Å². The van der Waals surface area contributed by atoms with Crippen LogP contribution in [0.15, 0.2) is 83.8 Å². The lowest BCUT2D eigenvalue weighted by Gasteiger charge is -2.32. The Morgan fingerprint density at radius 2 is 1.63 bits per heavy atom. The summed E-state index contributed by atoms with van der Waals surface area (Å²) in [4.78, 5) is 41.1. The molecule has 3 aromatic rings. The van der Waals surface area contributed by atoms with Crippen LogP contribution < -0.4 is 5.32 Å². The van der Waals surface area contributed by atoms with Crippen molar-refractivity contribution in [3.63, 3.8) is 0 Å². The zero-order valence-electron chi connectivity index (χ0n) is 20.8. The predicted octanol–water partition coefficient (Wildman–Crippen LogP) is 3.65. The number of rotatable bonds is 10. The van der Waals surface area contributed by atoms with Crippen molar-refractivity contribution in [3.8, 4) is 0 Å². The lowest BCUT2D eigenvalue weighted by Crippen LogP contribution is -2.51. The molecule has 198 valence electrons. The summed E-state index contributed by atoms with van der Waals surface area (Å²) in [5.41, 5.74) is 1.58. The number of likely N-dealkylation sites (N-methyl/N-ethyl adjacent to an activating group) is 1.